The van der Waals surface area contributed by atoms with E-state index in [-0.39, 0.29) is 5.25 Å². The molecule has 16 heavy (non-hydrogen) atoms. The van der Waals surface area contributed by atoms with Gasteiger partial charge in [0.15, 0.2) is 0 Å². The first-order valence-corrected chi connectivity index (χ1v) is 7.83. The molecule has 0 amide bonds. The highest BCUT2D eigenvalue weighted by Gasteiger charge is 2.47. The van der Waals surface area contributed by atoms with Crippen molar-refractivity contribution >= 4 is 10.0 Å². The summed E-state index contributed by atoms with van der Waals surface area (Å²) in [5.74, 6) is 0. The smallest absolute Gasteiger partial charge is 0.216 e. The van der Waals surface area contributed by atoms with Gasteiger partial charge in [-0.2, -0.15) is 0 Å². The molecule has 1 aliphatic carbocycles. The number of nitrogens with one attached hydrogen (secondary N) is 1. The minimum absolute atomic E-state index is 0.0376. The van der Waals surface area contributed by atoms with Crippen molar-refractivity contribution in [3.8, 4) is 0 Å². The maximum absolute atomic E-state index is 12.1. The van der Waals surface area contributed by atoms with Gasteiger partial charge in [-0.15, -0.1) is 0 Å². The van der Waals surface area contributed by atoms with E-state index in [1.54, 1.807) is 4.31 Å². The maximum atomic E-state index is 12.1. The van der Waals surface area contributed by atoms with E-state index in [0.29, 0.717) is 5.41 Å². The van der Waals surface area contributed by atoms with Crippen molar-refractivity contribution in [2.75, 3.05) is 26.2 Å². The molecule has 92 valence electrons. The molecular formula is C11H20N2O2S. The molecule has 3 aliphatic rings. The van der Waals surface area contributed by atoms with Crippen LogP contribution >= 0.6 is 0 Å². The first-order valence-electron chi connectivity index (χ1n) is 6.32. The Morgan fingerprint density at radius 3 is 2.44 bits per heavy atom. The second kappa shape index (κ2) is 3.68. The van der Waals surface area contributed by atoms with Gasteiger partial charge in [0.1, 0.15) is 0 Å². The molecule has 2 heterocycles. The zero-order valence-electron chi connectivity index (χ0n) is 9.61. The van der Waals surface area contributed by atoms with E-state index < -0.39 is 10.0 Å². The zero-order chi connectivity index (χ0) is 11.2. The molecule has 0 unspecified atom stereocenters. The summed E-state index contributed by atoms with van der Waals surface area (Å²) >= 11 is 0. The van der Waals surface area contributed by atoms with Crippen LogP contribution in [0.25, 0.3) is 0 Å². The Kier molecular flexibility index (Phi) is 2.53. The highest BCUT2D eigenvalue weighted by Crippen LogP contribution is 2.42. The van der Waals surface area contributed by atoms with Gasteiger partial charge in [0, 0.05) is 13.1 Å². The van der Waals surface area contributed by atoms with Crippen molar-refractivity contribution in [3.63, 3.8) is 0 Å². The van der Waals surface area contributed by atoms with Gasteiger partial charge in [0.2, 0.25) is 10.0 Å². The fourth-order valence-electron chi connectivity index (χ4n) is 3.05. The molecule has 0 aromatic carbocycles. The molecule has 0 atom stereocenters. The van der Waals surface area contributed by atoms with E-state index in [9.17, 15) is 8.42 Å². The Bertz CT molecular complexity index is 369. The summed E-state index contributed by atoms with van der Waals surface area (Å²) in [4.78, 5) is 0. The van der Waals surface area contributed by atoms with E-state index in [1.807, 2.05) is 0 Å². The van der Waals surface area contributed by atoms with Gasteiger partial charge in [0.05, 0.1) is 5.25 Å². The predicted octanol–water partition coefficient (Wildman–Crippen LogP) is 0.554. The summed E-state index contributed by atoms with van der Waals surface area (Å²) in [5, 5.41) is 3.32. The van der Waals surface area contributed by atoms with Crippen molar-refractivity contribution in [1.29, 1.82) is 0 Å². The van der Waals surface area contributed by atoms with Crippen molar-refractivity contribution in [2.45, 2.75) is 37.4 Å². The summed E-state index contributed by atoms with van der Waals surface area (Å²) in [6.07, 6.45) is 5.12. The minimum Gasteiger partial charge on any atom is -0.317 e. The fraction of sp³-hybridized carbons (Fsp3) is 1.00. The fourth-order valence-corrected chi connectivity index (χ4v) is 5.01. The second-order valence-electron chi connectivity index (χ2n) is 5.58. The molecule has 0 aromatic rings. The van der Waals surface area contributed by atoms with Crippen LogP contribution in [0, 0.1) is 5.41 Å². The summed E-state index contributed by atoms with van der Waals surface area (Å²) in [7, 11) is -2.93. The molecule has 1 N–H and O–H groups in total. The maximum Gasteiger partial charge on any atom is 0.216 e. The molecule has 0 aromatic heterocycles. The third-order valence-electron chi connectivity index (χ3n) is 4.37. The standard InChI is InChI=1S/C11H20N2O2S/c14-16(15,10-1-2-10)13-8-5-11(9-13)3-6-12-7-4-11/h10,12H,1-9H2. The summed E-state index contributed by atoms with van der Waals surface area (Å²) in [5.41, 5.74) is 0.299. The number of piperidine rings is 1. The van der Waals surface area contributed by atoms with Crippen molar-refractivity contribution in [3.05, 3.63) is 0 Å². The number of hydrogen-bond donors (Lipinski definition) is 1. The SMILES string of the molecule is O=S(=O)(C1CC1)N1CCC2(CCNCC2)C1. The zero-order valence-corrected chi connectivity index (χ0v) is 10.4. The lowest BCUT2D eigenvalue weighted by atomic mass is 9.78. The van der Waals surface area contributed by atoms with Crippen LogP contribution in [0.1, 0.15) is 32.1 Å². The normalized spacial score (nSPS) is 31.0. The Morgan fingerprint density at radius 2 is 1.81 bits per heavy atom. The van der Waals surface area contributed by atoms with Crippen LogP contribution in [0.5, 0.6) is 0 Å². The Balaban J connectivity index is 1.72. The lowest BCUT2D eigenvalue weighted by Crippen LogP contribution is -2.40. The van der Waals surface area contributed by atoms with Gasteiger partial charge in [-0.05, 0) is 50.6 Å². The number of rotatable bonds is 2. The molecular weight excluding hydrogens is 224 g/mol. The van der Waals surface area contributed by atoms with Gasteiger partial charge in [-0.25, -0.2) is 12.7 Å². The number of sulfonamides is 1. The minimum atomic E-state index is -2.93. The molecule has 0 bridgehead atoms. The number of nitrogens with zero attached hydrogens (tertiary/aromatic N) is 1. The van der Waals surface area contributed by atoms with Crippen molar-refractivity contribution < 1.29 is 8.42 Å². The first kappa shape index (κ1) is 11.0. The molecule has 2 saturated heterocycles. The molecule has 2 aliphatic heterocycles. The lowest BCUT2D eigenvalue weighted by molar-refractivity contribution is 0.218. The average Bonchev–Trinajstić information content (AvgIpc) is 3.05. The van der Waals surface area contributed by atoms with Gasteiger partial charge >= 0.3 is 0 Å². The highest BCUT2D eigenvalue weighted by atomic mass is 32.2. The molecule has 1 spiro atoms. The van der Waals surface area contributed by atoms with E-state index in [0.717, 1.165) is 58.3 Å². The Morgan fingerprint density at radius 1 is 1.12 bits per heavy atom. The van der Waals surface area contributed by atoms with Crippen molar-refractivity contribution in [1.82, 2.24) is 9.62 Å². The molecule has 5 heteroatoms. The first-order chi connectivity index (χ1) is 7.62. The summed E-state index contributed by atoms with van der Waals surface area (Å²) in [6, 6.07) is 0. The van der Waals surface area contributed by atoms with E-state index in [2.05, 4.69) is 5.32 Å². The molecule has 3 rings (SSSR count). The van der Waals surface area contributed by atoms with Crippen LogP contribution < -0.4 is 5.32 Å². The van der Waals surface area contributed by atoms with Crippen LogP contribution in [0.15, 0.2) is 0 Å². The van der Waals surface area contributed by atoms with Crippen molar-refractivity contribution in [2.24, 2.45) is 5.41 Å². The van der Waals surface area contributed by atoms with Crippen LogP contribution in [-0.4, -0.2) is 44.2 Å². The third kappa shape index (κ3) is 1.79. The summed E-state index contributed by atoms with van der Waals surface area (Å²) in [6.45, 7) is 3.65. The lowest BCUT2D eigenvalue weighted by Gasteiger charge is -2.33. The van der Waals surface area contributed by atoms with E-state index in [1.165, 1.54) is 0 Å². The van der Waals surface area contributed by atoms with Crippen LogP contribution in [0.3, 0.4) is 0 Å². The van der Waals surface area contributed by atoms with Gasteiger partial charge < -0.3 is 5.32 Å². The van der Waals surface area contributed by atoms with Crippen LogP contribution in [0.4, 0.5) is 0 Å². The molecule has 4 nitrogen and oxygen atoms in total. The largest absolute Gasteiger partial charge is 0.317 e. The Hall–Kier alpha value is -0.130. The van der Waals surface area contributed by atoms with Gasteiger partial charge in [-0.3, -0.25) is 0 Å². The van der Waals surface area contributed by atoms with Crippen LogP contribution in [-0.2, 0) is 10.0 Å². The molecule has 0 radical (unpaired) electrons. The topological polar surface area (TPSA) is 49.4 Å². The Labute approximate surface area is 97.4 Å². The predicted molar refractivity (Wildman–Crippen MR) is 62.7 cm³/mol. The third-order valence-corrected chi connectivity index (χ3v) is 6.72. The molecule has 3 fully saturated rings. The van der Waals surface area contributed by atoms with E-state index >= 15 is 0 Å². The summed E-state index contributed by atoms with van der Waals surface area (Å²) < 4.78 is 26.0. The highest BCUT2D eigenvalue weighted by molar-refractivity contribution is 7.90. The number of hydrogen-bond acceptors (Lipinski definition) is 3. The van der Waals surface area contributed by atoms with Gasteiger partial charge in [0.25, 0.3) is 0 Å². The monoisotopic (exact) mass is 244 g/mol. The molecule has 1 saturated carbocycles. The van der Waals surface area contributed by atoms with Gasteiger partial charge in [-0.1, -0.05) is 0 Å². The quantitative estimate of drug-likeness (QED) is 0.772. The van der Waals surface area contributed by atoms with E-state index in [4.69, 9.17) is 0 Å². The second-order valence-corrected chi connectivity index (χ2v) is 7.79. The van der Waals surface area contributed by atoms with Crippen LogP contribution in [0.2, 0.25) is 0 Å². The average molecular weight is 244 g/mol.